The molecular weight excluding hydrogens is 531 g/mol. The number of rotatable bonds is 11. The van der Waals surface area contributed by atoms with Crippen LogP contribution in [0.4, 0.5) is 13.2 Å². The van der Waals surface area contributed by atoms with Crippen molar-refractivity contribution in [3.8, 4) is 17.2 Å². The van der Waals surface area contributed by atoms with Crippen molar-refractivity contribution in [2.45, 2.75) is 30.6 Å². The van der Waals surface area contributed by atoms with Crippen molar-refractivity contribution >= 4 is 22.2 Å². The van der Waals surface area contributed by atoms with Gasteiger partial charge >= 0.3 is 6.36 Å². The van der Waals surface area contributed by atoms with E-state index < -0.39 is 33.7 Å². The standard InChI is InChI=1S/C24H28F3N3O7S/c1-18(32)29-14-12-28(13-15-29)11-10-19(30(33)17-31)16-38(34,35)23-8-6-21(7-9-23)36-20-2-4-22(5-3-20)37-24(25,26)27/h2-9,17,19,33H,10-16H2,1H3. The van der Waals surface area contributed by atoms with Crippen molar-refractivity contribution in [1.82, 2.24) is 14.9 Å². The van der Waals surface area contributed by atoms with Gasteiger partial charge in [0, 0.05) is 39.6 Å². The average Bonchev–Trinajstić information content (AvgIpc) is 2.87. The summed E-state index contributed by atoms with van der Waals surface area (Å²) in [7, 11) is -3.91. The molecule has 1 N–H and O–H groups in total. The van der Waals surface area contributed by atoms with Gasteiger partial charge in [0.05, 0.1) is 16.7 Å². The van der Waals surface area contributed by atoms with Crippen LogP contribution in [0.3, 0.4) is 0 Å². The molecule has 1 unspecified atom stereocenters. The van der Waals surface area contributed by atoms with Gasteiger partial charge in [0.15, 0.2) is 9.84 Å². The van der Waals surface area contributed by atoms with Crippen LogP contribution in [-0.4, -0.2) is 91.7 Å². The molecule has 14 heteroatoms. The minimum atomic E-state index is -4.81. The molecular formula is C24H28F3N3O7S. The maximum absolute atomic E-state index is 13.0. The number of nitrogens with zero attached hydrogens (tertiary/aromatic N) is 3. The second-order valence-electron chi connectivity index (χ2n) is 8.65. The summed E-state index contributed by atoms with van der Waals surface area (Å²) in [6.45, 7) is 4.23. The Kier molecular flexibility index (Phi) is 9.57. The largest absolute Gasteiger partial charge is 0.573 e. The number of benzene rings is 2. The lowest BCUT2D eigenvalue weighted by Crippen LogP contribution is -2.49. The highest BCUT2D eigenvalue weighted by atomic mass is 32.2. The van der Waals surface area contributed by atoms with E-state index in [2.05, 4.69) is 4.74 Å². The third-order valence-corrected chi connectivity index (χ3v) is 7.78. The summed E-state index contributed by atoms with van der Waals surface area (Å²) >= 11 is 0. The smallest absolute Gasteiger partial charge is 0.457 e. The van der Waals surface area contributed by atoms with Gasteiger partial charge < -0.3 is 14.4 Å². The molecule has 2 aromatic carbocycles. The van der Waals surface area contributed by atoms with Gasteiger partial charge in [0.1, 0.15) is 17.2 Å². The summed E-state index contributed by atoms with van der Waals surface area (Å²) in [6.07, 6.45) is -4.45. The molecule has 0 radical (unpaired) electrons. The Bertz CT molecular complexity index is 1180. The Balaban J connectivity index is 1.59. The number of carbonyl (C=O) groups is 2. The topological polar surface area (TPSA) is 117 Å². The van der Waals surface area contributed by atoms with E-state index in [9.17, 15) is 36.4 Å². The number of hydroxylamine groups is 2. The molecule has 1 atom stereocenters. The van der Waals surface area contributed by atoms with E-state index >= 15 is 0 Å². The normalized spacial score (nSPS) is 15.6. The van der Waals surface area contributed by atoms with Gasteiger partial charge in [-0.05, 0) is 55.0 Å². The molecule has 2 aromatic rings. The number of ether oxygens (including phenoxy) is 2. The van der Waals surface area contributed by atoms with Gasteiger partial charge in [-0.2, -0.15) is 0 Å². The Morgan fingerprint density at radius 1 is 1.03 bits per heavy atom. The lowest BCUT2D eigenvalue weighted by Gasteiger charge is -2.35. The lowest BCUT2D eigenvalue weighted by molar-refractivity contribution is -0.274. The maximum Gasteiger partial charge on any atom is 0.573 e. The van der Waals surface area contributed by atoms with Crippen LogP contribution in [-0.2, 0) is 19.4 Å². The maximum atomic E-state index is 13.0. The third kappa shape index (κ3) is 8.60. The van der Waals surface area contributed by atoms with Crippen LogP contribution in [0.5, 0.6) is 17.2 Å². The van der Waals surface area contributed by atoms with E-state index in [1.165, 1.54) is 43.3 Å². The Morgan fingerprint density at radius 3 is 2.05 bits per heavy atom. The van der Waals surface area contributed by atoms with Gasteiger partial charge in [0.25, 0.3) is 0 Å². The van der Waals surface area contributed by atoms with E-state index in [1.54, 1.807) is 4.90 Å². The van der Waals surface area contributed by atoms with Crippen molar-refractivity contribution in [1.29, 1.82) is 0 Å². The van der Waals surface area contributed by atoms with Gasteiger partial charge in [-0.3, -0.25) is 19.7 Å². The Hall–Kier alpha value is -3.36. The molecule has 208 valence electrons. The van der Waals surface area contributed by atoms with Gasteiger partial charge in [-0.25, -0.2) is 13.5 Å². The van der Waals surface area contributed by atoms with Crippen LogP contribution in [0, 0.1) is 0 Å². The molecule has 0 bridgehead atoms. The first kappa shape index (κ1) is 29.2. The van der Waals surface area contributed by atoms with Crippen molar-refractivity contribution in [2.24, 2.45) is 0 Å². The number of halogens is 3. The van der Waals surface area contributed by atoms with Gasteiger partial charge in [0.2, 0.25) is 12.3 Å². The summed E-state index contributed by atoms with van der Waals surface area (Å²) in [6, 6.07) is 9.07. The molecule has 0 saturated carbocycles. The zero-order valence-corrected chi connectivity index (χ0v) is 21.3. The van der Waals surface area contributed by atoms with E-state index in [-0.39, 0.29) is 35.1 Å². The molecule has 1 saturated heterocycles. The molecule has 0 spiro atoms. The molecule has 1 aliphatic rings. The Morgan fingerprint density at radius 2 is 1.55 bits per heavy atom. The number of hydrogen-bond donors (Lipinski definition) is 1. The predicted molar refractivity (Wildman–Crippen MR) is 128 cm³/mol. The number of hydrogen-bond acceptors (Lipinski definition) is 8. The number of amides is 2. The molecule has 38 heavy (non-hydrogen) atoms. The summed E-state index contributed by atoms with van der Waals surface area (Å²) in [5.74, 6) is -0.489. The van der Waals surface area contributed by atoms with Crippen LogP contribution in [0.15, 0.2) is 53.4 Å². The van der Waals surface area contributed by atoms with Crippen LogP contribution in [0.1, 0.15) is 13.3 Å². The van der Waals surface area contributed by atoms with E-state index in [0.29, 0.717) is 37.8 Å². The summed E-state index contributed by atoms with van der Waals surface area (Å²) in [5.41, 5.74) is 0. The molecule has 0 aliphatic carbocycles. The summed E-state index contributed by atoms with van der Waals surface area (Å²) < 4.78 is 72.2. The number of carbonyl (C=O) groups excluding carboxylic acids is 2. The van der Waals surface area contributed by atoms with E-state index in [0.717, 1.165) is 12.1 Å². The van der Waals surface area contributed by atoms with Crippen LogP contribution in [0.2, 0.25) is 0 Å². The van der Waals surface area contributed by atoms with Gasteiger partial charge in [-0.1, -0.05) is 0 Å². The van der Waals surface area contributed by atoms with Crippen LogP contribution in [0.25, 0.3) is 0 Å². The summed E-state index contributed by atoms with van der Waals surface area (Å²) in [5, 5.41) is 10.4. The molecule has 1 aliphatic heterocycles. The third-order valence-electron chi connectivity index (χ3n) is 5.97. The van der Waals surface area contributed by atoms with Crippen LogP contribution >= 0.6 is 0 Å². The molecule has 3 rings (SSSR count). The second kappa shape index (κ2) is 12.5. The Labute approximate surface area is 218 Å². The van der Waals surface area contributed by atoms with E-state index in [4.69, 9.17) is 4.74 Å². The van der Waals surface area contributed by atoms with Crippen molar-refractivity contribution in [2.75, 3.05) is 38.5 Å². The van der Waals surface area contributed by atoms with Crippen molar-refractivity contribution in [3.05, 3.63) is 48.5 Å². The fourth-order valence-corrected chi connectivity index (χ4v) is 5.48. The fourth-order valence-electron chi connectivity index (χ4n) is 3.91. The fraction of sp³-hybridized carbons (Fsp3) is 0.417. The van der Waals surface area contributed by atoms with E-state index in [1.807, 2.05) is 4.90 Å². The van der Waals surface area contributed by atoms with Gasteiger partial charge in [-0.15, -0.1) is 13.2 Å². The highest BCUT2D eigenvalue weighted by Crippen LogP contribution is 2.28. The number of piperazine rings is 1. The average molecular weight is 560 g/mol. The first-order chi connectivity index (χ1) is 17.9. The highest BCUT2D eigenvalue weighted by Gasteiger charge is 2.31. The molecule has 1 heterocycles. The second-order valence-corrected chi connectivity index (χ2v) is 10.7. The summed E-state index contributed by atoms with van der Waals surface area (Å²) in [4.78, 5) is 26.4. The number of alkyl halides is 3. The predicted octanol–water partition coefficient (Wildman–Crippen LogP) is 2.92. The van der Waals surface area contributed by atoms with Crippen molar-refractivity contribution in [3.63, 3.8) is 0 Å². The molecule has 0 aromatic heterocycles. The first-order valence-electron chi connectivity index (χ1n) is 11.6. The molecule has 10 nitrogen and oxygen atoms in total. The van der Waals surface area contributed by atoms with Crippen molar-refractivity contribution < 1.29 is 45.9 Å². The molecule has 1 fully saturated rings. The zero-order chi connectivity index (χ0) is 27.9. The first-order valence-corrected chi connectivity index (χ1v) is 13.3. The quantitative estimate of drug-likeness (QED) is 0.254. The highest BCUT2D eigenvalue weighted by molar-refractivity contribution is 7.91. The monoisotopic (exact) mass is 559 g/mol. The lowest BCUT2D eigenvalue weighted by atomic mass is 10.2. The minimum Gasteiger partial charge on any atom is -0.457 e. The zero-order valence-electron chi connectivity index (χ0n) is 20.5. The molecule has 2 amide bonds. The minimum absolute atomic E-state index is 0.0130. The number of sulfone groups is 1. The van der Waals surface area contributed by atoms with Crippen LogP contribution < -0.4 is 9.47 Å². The SMILES string of the molecule is CC(=O)N1CCN(CCC(CS(=O)(=O)c2ccc(Oc3ccc(OC(F)(F)F)cc3)cc2)N(O)C=O)CC1.